The third kappa shape index (κ3) is 4.34. The maximum Gasteiger partial charge on any atom is 0.152 e. The molecule has 3 aliphatic rings. The molecule has 2 aliphatic heterocycles. The first-order valence-corrected chi connectivity index (χ1v) is 12.2. The number of anilines is 1. The first kappa shape index (κ1) is 20.9. The Morgan fingerprint density at radius 3 is 2.68 bits per heavy atom. The summed E-state index contributed by atoms with van der Waals surface area (Å²) in [6, 6.07) is 10.8. The molecule has 1 aliphatic carbocycles. The summed E-state index contributed by atoms with van der Waals surface area (Å²) in [4.78, 5) is 12.8. The van der Waals surface area contributed by atoms with Gasteiger partial charge in [0, 0.05) is 50.7 Å². The highest BCUT2D eigenvalue weighted by atomic mass is 15.2. The second kappa shape index (κ2) is 9.23. The summed E-state index contributed by atoms with van der Waals surface area (Å²) in [6.07, 6.45) is 9.23. The van der Waals surface area contributed by atoms with Crippen LogP contribution in [0.3, 0.4) is 0 Å². The van der Waals surface area contributed by atoms with E-state index in [1.165, 1.54) is 42.5 Å². The van der Waals surface area contributed by atoms with Gasteiger partial charge in [-0.05, 0) is 37.7 Å². The first-order chi connectivity index (χ1) is 15.2. The molecule has 0 radical (unpaired) electrons. The van der Waals surface area contributed by atoms with Gasteiger partial charge in [0.05, 0.1) is 11.2 Å². The van der Waals surface area contributed by atoms with E-state index in [0.29, 0.717) is 0 Å². The Balaban J connectivity index is 1.45. The van der Waals surface area contributed by atoms with Crippen molar-refractivity contribution in [2.24, 2.45) is 5.73 Å². The van der Waals surface area contributed by atoms with Crippen LogP contribution in [0, 0.1) is 0 Å². The summed E-state index contributed by atoms with van der Waals surface area (Å²) in [7, 11) is 0. The quantitative estimate of drug-likeness (QED) is 0.690. The number of fused-ring (bicyclic) bond motifs is 1. The number of nitrogens with two attached hydrogens (primary N) is 1. The zero-order valence-corrected chi connectivity index (χ0v) is 18.6. The lowest BCUT2D eigenvalue weighted by molar-refractivity contribution is 0.323. The van der Waals surface area contributed by atoms with Crippen LogP contribution in [-0.4, -0.2) is 35.6 Å². The normalized spacial score (nSPS) is 26.5. The van der Waals surface area contributed by atoms with Crippen LogP contribution < -0.4 is 21.3 Å². The second-order valence-electron chi connectivity index (χ2n) is 9.48. The molecule has 2 unspecified atom stereocenters. The van der Waals surface area contributed by atoms with E-state index < -0.39 is 5.54 Å². The largest absolute Gasteiger partial charge is 0.356 e. The predicted octanol–water partition coefficient (Wildman–Crippen LogP) is 3.00. The number of benzene rings is 1. The van der Waals surface area contributed by atoms with Gasteiger partial charge in [0.1, 0.15) is 5.82 Å². The van der Waals surface area contributed by atoms with Gasteiger partial charge in [-0.3, -0.25) is 0 Å². The van der Waals surface area contributed by atoms with E-state index in [4.69, 9.17) is 15.7 Å². The van der Waals surface area contributed by atoms with Crippen molar-refractivity contribution in [3.63, 3.8) is 0 Å². The molecule has 2 fully saturated rings. The maximum atomic E-state index is 7.13. The second-order valence-corrected chi connectivity index (χ2v) is 9.48. The van der Waals surface area contributed by atoms with Gasteiger partial charge in [-0.1, -0.05) is 43.2 Å². The lowest BCUT2D eigenvalue weighted by Gasteiger charge is -2.34. The first-order valence-electron chi connectivity index (χ1n) is 12.2. The fourth-order valence-corrected chi connectivity index (χ4v) is 5.50. The van der Waals surface area contributed by atoms with E-state index in [1.54, 1.807) is 0 Å². The van der Waals surface area contributed by atoms with Crippen LogP contribution in [0.5, 0.6) is 0 Å². The summed E-state index contributed by atoms with van der Waals surface area (Å²) in [6.45, 7) is 4.87. The van der Waals surface area contributed by atoms with Crippen LogP contribution in [-0.2, 0) is 25.0 Å². The molecule has 5 rings (SSSR count). The molecular weight excluding hydrogens is 384 g/mol. The van der Waals surface area contributed by atoms with E-state index in [1.807, 2.05) is 0 Å². The Morgan fingerprint density at radius 1 is 1.06 bits per heavy atom. The topological polar surface area (TPSA) is 79.1 Å². The van der Waals surface area contributed by atoms with Crippen LogP contribution in [0.2, 0.25) is 0 Å². The highest BCUT2D eigenvalue weighted by molar-refractivity contribution is 5.51. The number of nitrogens with zero attached hydrogens (tertiary/aromatic N) is 3. The Bertz CT molecular complexity index is 877. The average Bonchev–Trinajstić information content (AvgIpc) is 3.00. The Kier molecular flexibility index (Phi) is 6.21. The molecule has 0 bridgehead atoms. The van der Waals surface area contributed by atoms with Crippen molar-refractivity contribution in [2.45, 2.75) is 76.0 Å². The van der Waals surface area contributed by atoms with E-state index in [9.17, 15) is 0 Å². The minimum atomic E-state index is -0.505. The van der Waals surface area contributed by atoms with E-state index >= 15 is 0 Å². The monoisotopic (exact) mass is 420 g/mol. The fraction of sp³-hybridized carbons (Fsp3) is 0.600. The molecule has 1 saturated carbocycles. The molecule has 3 heterocycles. The Labute approximate surface area is 186 Å². The van der Waals surface area contributed by atoms with Gasteiger partial charge in [-0.25, -0.2) is 9.97 Å². The molecule has 0 spiro atoms. The molecule has 1 aromatic heterocycles. The van der Waals surface area contributed by atoms with Crippen molar-refractivity contribution in [3.8, 4) is 0 Å². The highest BCUT2D eigenvalue weighted by Crippen LogP contribution is 2.37. The van der Waals surface area contributed by atoms with Crippen molar-refractivity contribution in [1.29, 1.82) is 0 Å². The third-order valence-corrected chi connectivity index (χ3v) is 7.33. The van der Waals surface area contributed by atoms with E-state index in [2.05, 4.69) is 45.9 Å². The average molecular weight is 421 g/mol. The van der Waals surface area contributed by atoms with Gasteiger partial charge < -0.3 is 21.3 Å². The molecule has 1 aromatic carbocycles. The third-order valence-electron chi connectivity index (χ3n) is 7.33. The maximum absolute atomic E-state index is 7.13. The summed E-state index contributed by atoms with van der Waals surface area (Å²) < 4.78 is 0. The summed E-state index contributed by atoms with van der Waals surface area (Å²) in [5, 5.41) is 7.28. The van der Waals surface area contributed by atoms with E-state index in [0.717, 1.165) is 70.0 Å². The molecule has 0 amide bonds. The van der Waals surface area contributed by atoms with Gasteiger partial charge >= 0.3 is 0 Å². The molecule has 6 nitrogen and oxygen atoms in total. The van der Waals surface area contributed by atoms with Gasteiger partial charge in [0.15, 0.2) is 5.82 Å². The molecule has 4 N–H and O–H groups in total. The molecule has 31 heavy (non-hydrogen) atoms. The number of hydrogen-bond acceptors (Lipinski definition) is 6. The molecule has 166 valence electrons. The summed E-state index contributed by atoms with van der Waals surface area (Å²) in [5.41, 5.74) is 10.4. The van der Waals surface area contributed by atoms with Crippen molar-refractivity contribution in [2.75, 3.05) is 24.5 Å². The predicted molar refractivity (Wildman–Crippen MR) is 125 cm³/mol. The van der Waals surface area contributed by atoms with Gasteiger partial charge in [0.2, 0.25) is 0 Å². The molecule has 6 heteroatoms. The number of hydrogen-bond donors (Lipinski definition) is 3. The zero-order chi connectivity index (χ0) is 21.1. The minimum absolute atomic E-state index is 0.199. The molecule has 2 atom stereocenters. The van der Waals surface area contributed by atoms with Crippen molar-refractivity contribution in [3.05, 3.63) is 53.0 Å². The number of aromatic nitrogens is 2. The minimum Gasteiger partial charge on any atom is -0.356 e. The van der Waals surface area contributed by atoms with E-state index in [-0.39, 0.29) is 6.04 Å². The molecule has 1 saturated heterocycles. The van der Waals surface area contributed by atoms with Crippen molar-refractivity contribution < 1.29 is 0 Å². The van der Waals surface area contributed by atoms with Crippen LogP contribution >= 0.6 is 0 Å². The zero-order valence-electron chi connectivity index (χ0n) is 18.6. The highest BCUT2D eigenvalue weighted by Gasteiger charge is 2.44. The fourth-order valence-electron chi connectivity index (χ4n) is 5.50. The summed E-state index contributed by atoms with van der Waals surface area (Å²) >= 11 is 0. The van der Waals surface area contributed by atoms with Gasteiger partial charge in [-0.2, -0.15) is 0 Å². The number of rotatable bonds is 5. The van der Waals surface area contributed by atoms with Gasteiger partial charge in [0.25, 0.3) is 0 Å². The van der Waals surface area contributed by atoms with Crippen LogP contribution in [0.15, 0.2) is 30.3 Å². The summed E-state index contributed by atoms with van der Waals surface area (Å²) in [5.74, 6) is 2.00. The molecule has 2 aromatic rings. The lowest BCUT2D eigenvalue weighted by atomic mass is 9.92. The Morgan fingerprint density at radius 2 is 1.87 bits per heavy atom. The smallest absolute Gasteiger partial charge is 0.152 e. The van der Waals surface area contributed by atoms with Gasteiger partial charge in [-0.15, -0.1) is 0 Å². The van der Waals surface area contributed by atoms with Crippen LogP contribution in [0.25, 0.3) is 0 Å². The lowest BCUT2D eigenvalue weighted by Crippen LogP contribution is -2.52. The Hall–Kier alpha value is -2.02. The number of nitrogens with one attached hydrogen (secondary N) is 2. The van der Waals surface area contributed by atoms with Crippen molar-refractivity contribution >= 4 is 5.82 Å². The molecular formula is C25H36N6. The van der Waals surface area contributed by atoms with Crippen LogP contribution in [0.4, 0.5) is 5.82 Å². The SMILES string of the molecule is NC1(c2nc3c(c(N4CCCCCC4)n2)CNCC3)CCCC1NCc1ccccc1. The van der Waals surface area contributed by atoms with Crippen LogP contribution in [0.1, 0.15) is 67.6 Å². The van der Waals surface area contributed by atoms with Crippen molar-refractivity contribution in [1.82, 2.24) is 20.6 Å². The standard InChI is InChI=1S/C25H36N6/c26-25(13-8-11-22(25)28-17-19-9-4-3-5-10-19)24-29-21-12-14-27-18-20(21)23(30-24)31-15-6-1-2-7-16-31/h3-5,9-10,22,27-28H,1-2,6-8,11-18,26H2.